The number of piperidine rings is 1. The van der Waals surface area contributed by atoms with Gasteiger partial charge in [-0.05, 0) is 37.5 Å². The van der Waals surface area contributed by atoms with Gasteiger partial charge in [-0.25, -0.2) is 0 Å². The average Bonchev–Trinajstić information content (AvgIpc) is 2.40. The smallest absolute Gasteiger partial charge is 0.305 e. The summed E-state index contributed by atoms with van der Waals surface area (Å²) >= 11 is 0. The Hall–Kier alpha value is -0.610. The molecule has 2 unspecified atom stereocenters. The Bertz CT molecular complexity index is 303. The molecule has 2 rings (SSSR count). The van der Waals surface area contributed by atoms with Crippen molar-refractivity contribution in [2.24, 2.45) is 11.8 Å². The minimum atomic E-state index is -0.771. The molecule has 20 heavy (non-hydrogen) atoms. The number of rotatable bonds is 5. The van der Waals surface area contributed by atoms with E-state index in [-0.39, 0.29) is 12.5 Å². The van der Waals surface area contributed by atoms with Gasteiger partial charge in [0.15, 0.2) is 0 Å². The van der Waals surface area contributed by atoms with Crippen molar-refractivity contribution < 1.29 is 14.6 Å². The quantitative estimate of drug-likeness (QED) is 0.843. The maximum atomic E-state index is 10.5. The molecule has 0 bridgehead atoms. The number of aliphatic carboxylic acids is 1. The van der Waals surface area contributed by atoms with Gasteiger partial charge in [-0.1, -0.05) is 20.3 Å². The molecule has 0 aromatic carbocycles. The van der Waals surface area contributed by atoms with E-state index in [1.54, 1.807) is 0 Å². The topological polar surface area (TPSA) is 49.8 Å². The molecule has 0 spiro atoms. The normalized spacial score (nSPS) is 33.2. The second-order valence-electron chi connectivity index (χ2n) is 6.63. The van der Waals surface area contributed by atoms with Gasteiger partial charge in [0.2, 0.25) is 0 Å². The molecule has 2 aliphatic rings. The number of carboxylic acid groups (broad SMARTS) is 1. The highest BCUT2D eigenvalue weighted by atomic mass is 16.5. The van der Waals surface area contributed by atoms with Crippen molar-refractivity contribution in [1.82, 2.24) is 4.90 Å². The van der Waals surface area contributed by atoms with E-state index < -0.39 is 5.97 Å². The summed E-state index contributed by atoms with van der Waals surface area (Å²) in [4.78, 5) is 13.1. The fourth-order valence-corrected chi connectivity index (χ4v) is 4.04. The van der Waals surface area contributed by atoms with E-state index in [1.807, 2.05) is 0 Å². The zero-order chi connectivity index (χ0) is 14.5. The molecular formula is C16H29NO3. The van der Waals surface area contributed by atoms with E-state index in [0.29, 0.717) is 6.61 Å². The molecule has 0 aromatic rings. The maximum Gasteiger partial charge on any atom is 0.305 e. The summed E-state index contributed by atoms with van der Waals surface area (Å²) in [6.07, 6.45) is 6.60. The Morgan fingerprint density at radius 2 is 1.75 bits per heavy atom. The van der Waals surface area contributed by atoms with Crippen molar-refractivity contribution in [3.05, 3.63) is 0 Å². The lowest BCUT2D eigenvalue weighted by Crippen LogP contribution is -2.50. The van der Waals surface area contributed by atoms with Gasteiger partial charge in [0.05, 0.1) is 19.1 Å². The first-order valence-corrected chi connectivity index (χ1v) is 8.15. The van der Waals surface area contributed by atoms with Gasteiger partial charge >= 0.3 is 5.97 Å². The molecule has 4 nitrogen and oxygen atoms in total. The van der Waals surface area contributed by atoms with Crippen LogP contribution in [0, 0.1) is 11.8 Å². The summed E-state index contributed by atoms with van der Waals surface area (Å²) in [6.45, 7) is 7.37. The number of likely N-dealkylation sites (tertiary alicyclic amines) is 1. The van der Waals surface area contributed by atoms with Crippen LogP contribution in [0.4, 0.5) is 0 Å². The first-order chi connectivity index (χ1) is 9.58. The van der Waals surface area contributed by atoms with Crippen LogP contribution in [0.15, 0.2) is 0 Å². The van der Waals surface area contributed by atoms with E-state index in [0.717, 1.165) is 43.8 Å². The minimum absolute atomic E-state index is 0.122. The Labute approximate surface area is 122 Å². The van der Waals surface area contributed by atoms with Crippen molar-refractivity contribution in [2.75, 3.05) is 19.7 Å². The molecule has 0 aromatic heterocycles. The molecular weight excluding hydrogens is 254 g/mol. The molecule has 2 atom stereocenters. The molecule has 116 valence electrons. The lowest BCUT2D eigenvalue weighted by molar-refractivity contribution is -0.139. The Morgan fingerprint density at radius 1 is 1.15 bits per heavy atom. The van der Waals surface area contributed by atoms with Crippen LogP contribution >= 0.6 is 0 Å². The predicted octanol–water partition coefficient (Wildman–Crippen LogP) is 2.77. The first-order valence-electron chi connectivity index (χ1n) is 8.15. The Balaban J connectivity index is 1.74. The largest absolute Gasteiger partial charge is 0.481 e. The van der Waals surface area contributed by atoms with E-state index in [2.05, 4.69) is 18.7 Å². The van der Waals surface area contributed by atoms with Crippen LogP contribution < -0.4 is 0 Å². The zero-order valence-corrected chi connectivity index (χ0v) is 12.9. The van der Waals surface area contributed by atoms with Gasteiger partial charge < -0.3 is 9.84 Å². The molecule has 1 aliphatic carbocycles. The number of hydrogen-bond donors (Lipinski definition) is 1. The molecule has 2 fully saturated rings. The molecule has 1 N–H and O–H groups in total. The van der Waals surface area contributed by atoms with Gasteiger partial charge in [0, 0.05) is 19.1 Å². The van der Waals surface area contributed by atoms with Crippen molar-refractivity contribution in [3.63, 3.8) is 0 Å². The summed E-state index contributed by atoms with van der Waals surface area (Å²) in [6, 6.07) is 0.740. The summed E-state index contributed by atoms with van der Waals surface area (Å²) < 4.78 is 5.68. The van der Waals surface area contributed by atoms with Crippen molar-refractivity contribution in [3.8, 4) is 0 Å². The number of ether oxygens (including phenoxy) is 1. The Kier molecular flexibility index (Phi) is 5.85. The molecule has 0 radical (unpaired) electrons. The summed E-state index contributed by atoms with van der Waals surface area (Å²) in [5.41, 5.74) is 0. The summed E-state index contributed by atoms with van der Waals surface area (Å²) in [5.74, 6) is 0.846. The molecule has 1 heterocycles. The van der Waals surface area contributed by atoms with Crippen LogP contribution in [0.5, 0.6) is 0 Å². The summed E-state index contributed by atoms with van der Waals surface area (Å²) in [7, 11) is 0. The van der Waals surface area contributed by atoms with Gasteiger partial charge in [-0.2, -0.15) is 0 Å². The van der Waals surface area contributed by atoms with Crippen molar-refractivity contribution in [1.29, 1.82) is 0 Å². The van der Waals surface area contributed by atoms with Crippen molar-refractivity contribution >= 4 is 5.97 Å². The fraction of sp³-hybridized carbons (Fsp3) is 0.938. The standard InChI is InChI=1S/C16H29NO3/c1-12-4-3-5-13(2)16(12)17-9-6-14(7-10-17)20-11-8-15(18)19/h12-14,16H,3-11H2,1-2H3,(H,18,19). The SMILES string of the molecule is CC1CCCC(C)C1N1CCC(OCCC(=O)O)CC1. The molecule has 0 amide bonds. The lowest BCUT2D eigenvalue weighted by atomic mass is 9.77. The van der Waals surface area contributed by atoms with Crippen LogP contribution in [0.3, 0.4) is 0 Å². The zero-order valence-electron chi connectivity index (χ0n) is 12.9. The average molecular weight is 283 g/mol. The van der Waals surface area contributed by atoms with Gasteiger partial charge in [-0.15, -0.1) is 0 Å². The van der Waals surface area contributed by atoms with Crippen molar-refractivity contribution in [2.45, 2.75) is 64.5 Å². The fourth-order valence-electron chi connectivity index (χ4n) is 4.04. The number of nitrogens with zero attached hydrogens (tertiary/aromatic N) is 1. The molecule has 1 saturated heterocycles. The third-order valence-electron chi connectivity index (χ3n) is 5.05. The highest BCUT2D eigenvalue weighted by molar-refractivity contribution is 5.66. The maximum absolute atomic E-state index is 10.5. The second kappa shape index (κ2) is 7.41. The van der Waals surface area contributed by atoms with Crippen LogP contribution in [-0.2, 0) is 9.53 Å². The first kappa shape index (κ1) is 15.8. The monoisotopic (exact) mass is 283 g/mol. The van der Waals surface area contributed by atoms with E-state index >= 15 is 0 Å². The van der Waals surface area contributed by atoms with Crippen LogP contribution in [0.1, 0.15) is 52.4 Å². The lowest BCUT2D eigenvalue weighted by Gasteiger charge is -2.45. The van der Waals surface area contributed by atoms with Gasteiger partial charge in [-0.3, -0.25) is 9.69 Å². The van der Waals surface area contributed by atoms with Gasteiger partial charge in [0.25, 0.3) is 0 Å². The predicted molar refractivity (Wildman–Crippen MR) is 78.8 cm³/mol. The molecule has 1 saturated carbocycles. The van der Waals surface area contributed by atoms with E-state index in [4.69, 9.17) is 9.84 Å². The van der Waals surface area contributed by atoms with Crippen LogP contribution in [0.2, 0.25) is 0 Å². The highest BCUT2D eigenvalue weighted by Gasteiger charge is 2.34. The molecule has 1 aliphatic heterocycles. The van der Waals surface area contributed by atoms with Gasteiger partial charge in [0.1, 0.15) is 0 Å². The second-order valence-corrected chi connectivity index (χ2v) is 6.63. The van der Waals surface area contributed by atoms with Crippen LogP contribution in [0.25, 0.3) is 0 Å². The number of hydrogen-bond acceptors (Lipinski definition) is 3. The van der Waals surface area contributed by atoms with Crippen LogP contribution in [-0.4, -0.2) is 47.8 Å². The molecule has 4 heteroatoms. The minimum Gasteiger partial charge on any atom is -0.481 e. The highest BCUT2D eigenvalue weighted by Crippen LogP contribution is 2.34. The van der Waals surface area contributed by atoms with E-state index in [9.17, 15) is 4.79 Å². The third kappa shape index (κ3) is 4.19. The third-order valence-corrected chi connectivity index (χ3v) is 5.05. The number of carboxylic acids is 1. The Morgan fingerprint density at radius 3 is 2.30 bits per heavy atom. The van der Waals surface area contributed by atoms with E-state index in [1.165, 1.54) is 19.3 Å². The number of carbonyl (C=O) groups is 1. The summed E-state index contributed by atoms with van der Waals surface area (Å²) in [5, 5.41) is 8.63.